The van der Waals surface area contributed by atoms with Gasteiger partial charge in [-0.3, -0.25) is 9.10 Å². The summed E-state index contributed by atoms with van der Waals surface area (Å²) in [7, 11) is -4.22. The number of hydrogen-bond donors (Lipinski definition) is 1. The summed E-state index contributed by atoms with van der Waals surface area (Å²) in [5, 5.41) is 6.34. The van der Waals surface area contributed by atoms with Crippen molar-refractivity contribution in [2.75, 3.05) is 10.8 Å². The van der Waals surface area contributed by atoms with Gasteiger partial charge in [0, 0.05) is 5.56 Å². The summed E-state index contributed by atoms with van der Waals surface area (Å²) in [5.74, 6) is -1.45. The van der Waals surface area contributed by atoms with E-state index in [1.165, 1.54) is 46.8 Å². The fourth-order valence-electron chi connectivity index (χ4n) is 4.51. The van der Waals surface area contributed by atoms with Crippen LogP contribution in [0.15, 0.2) is 88.9 Å². The summed E-state index contributed by atoms with van der Waals surface area (Å²) in [5.41, 5.74) is 6.49. The highest BCUT2D eigenvalue weighted by Crippen LogP contribution is 2.32. The molecule has 0 saturated carbocycles. The van der Waals surface area contributed by atoms with E-state index in [-0.39, 0.29) is 10.6 Å². The number of aryl methyl sites for hydroxylation is 3. The van der Waals surface area contributed by atoms with Crippen LogP contribution in [-0.2, 0) is 27.7 Å². The third-order valence-corrected chi connectivity index (χ3v) is 8.09. The molecule has 1 aliphatic rings. The Kier molecular flexibility index (Phi) is 6.28. The number of para-hydroxylation sites is 1. The Morgan fingerprint density at radius 1 is 0.972 bits per heavy atom. The number of rotatable bonds is 7. The first kappa shape index (κ1) is 23.7. The largest absolute Gasteiger partial charge is 0.271 e. The molecular weight excluding hydrogens is 477 g/mol. The van der Waals surface area contributed by atoms with Gasteiger partial charge in [0.15, 0.2) is 0 Å². The smallest absolute Gasteiger partial charge is 0.264 e. The van der Waals surface area contributed by atoms with Crippen LogP contribution in [-0.4, -0.2) is 27.1 Å². The Bertz CT molecular complexity index is 1590. The predicted octanol–water partition coefficient (Wildman–Crippen LogP) is 4.73. The number of nitrogens with zero attached hydrogens (tertiary/aromatic N) is 2. The zero-order chi connectivity index (χ0) is 25.3. The van der Waals surface area contributed by atoms with Crippen molar-refractivity contribution in [2.45, 2.75) is 24.7 Å². The predicted molar refractivity (Wildman–Crippen MR) is 139 cm³/mol. The topological polar surface area (TPSA) is 78.8 Å². The van der Waals surface area contributed by atoms with Crippen LogP contribution in [0.5, 0.6) is 0 Å². The van der Waals surface area contributed by atoms with Gasteiger partial charge >= 0.3 is 0 Å². The van der Waals surface area contributed by atoms with Gasteiger partial charge in [-0.05, 0) is 65.9 Å². The Morgan fingerprint density at radius 3 is 2.44 bits per heavy atom. The first-order chi connectivity index (χ1) is 17.3. The van der Waals surface area contributed by atoms with Gasteiger partial charge in [-0.25, -0.2) is 18.2 Å². The number of nitrogens with one attached hydrogen (secondary N) is 1. The number of hydrogen-bond acceptors (Lipinski definition) is 4. The molecule has 0 bridgehead atoms. The number of carbonyl (C=O) groups excluding carboxylic acids is 1. The van der Waals surface area contributed by atoms with Crippen LogP contribution < -0.4 is 9.73 Å². The highest BCUT2D eigenvalue weighted by molar-refractivity contribution is 7.92. The molecule has 0 saturated heterocycles. The summed E-state index contributed by atoms with van der Waals surface area (Å²) in [4.78, 5) is 12.7. The lowest BCUT2D eigenvalue weighted by Gasteiger charge is -2.24. The third-order valence-electron chi connectivity index (χ3n) is 6.32. The van der Waals surface area contributed by atoms with E-state index in [4.69, 9.17) is 0 Å². The first-order valence-corrected chi connectivity index (χ1v) is 13.0. The minimum Gasteiger partial charge on any atom is -0.271 e. The average molecular weight is 502 g/mol. The third kappa shape index (κ3) is 4.47. The second-order valence-corrected chi connectivity index (χ2v) is 10.6. The summed E-state index contributed by atoms with van der Waals surface area (Å²) < 4.78 is 42.2. The fourth-order valence-corrected chi connectivity index (χ4v) is 5.94. The van der Waals surface area contributed by atoms with Gasteiger partial charge in [0.1, 0.15) is 12.4 Å². The van der Waals surface area contributed by atoms with Crippen molar-refractivity contribution < 1.29 is 17.6 Å². The van der Waals surface area contributed by atoms with E-state index in [9.17, 15) is 17.6 Å². The molecule has 0 spiro atoms. The van der Waals surface area contributed by atoms with Crippen LogP contribution in [0.3, 0.4) is 0 Å². The summed E-state index contributed by atoms with van der Waals surface area (Å²) >= 11 is 0. The van der Waals surface area contributed by atoms with Crippen molar-refractivity contribution in [3.63, 3.8) is 0 Å². The lowest BCUT2D eigenvalue weighted by molar-refractivity contribution is -0.119. The molecule has 4 aromatic carbocycles. The maximum atomic E-state index is 14.6. The number of benzene rings is 4. The number of hydrazone groups is 1. The molecule has 6 nitrogen and oxygen atoms in total. The van der Waals surface area contributed by atoms with Crippen molar-refractivity contribution in [3.05, 3.63) is 107 Å². The fraction of sp³-hybridized carbons (Fsp3) is 0.143. The van der Waals surface area contributed by atoms with Crippen molar-refractivity contribution in [2.24, 2.45) is 5.10 Å². The maximum Gasteiger partial charge on any atom is 0.264 e. The molecule has 0 aromatic heterocycles. The molecule has 1 amide bonds. The normalized spacial score (nSPS) is 12.8. The molecule has 0 heterocycles. The zero-order valence-corrected chi connectivity index (χ0v) is 20.4. The van der Waals surface area contributed by atoms with Crippen molar-refractivity contribution in [1.29, 1.82) is 0 Å². The molecule has 1 N–H and O–H groups in total. The molecule has 0 unspecified atom stereocenters. The van der Waals surface area contributed by atoms with Gasteiger partial charge in [-0.2, -0.15) is 5.10 Å². The van der Waals surface area contributed by atoms with Gasteiger partial charge < -0.3 is 0 Å². The molecule has 5 rings (SSSR count). The molecule has 36 heavy (non-hydrogen) atoms. The van der Waals surface area contributed by atoms with E-state index in [0.717, 1.165) is 39.7 Å². The number of anilines is 1. The summed E-state index contributed by atoms with van der Waals surface area (Å²) in [6, 6.07) is 21.8. The van der Waals surface area contributed by atoms with Gasteiger partial charge in [0.2, 0.25) is 0 Å². The van der Waals surface area contributed by atoms with E-state index in [2.05, 4.69) is 22.7 Å². The highest BCUT2D eigenvalue weighted by Gasteiger charge is 2.29. The minimum atomic E-state index is -4.22. The van der Waals surface area contributed by atoms with Crippen LogP contribution in [0.25, 0.3) is 10.8 Å². The molecule has 0 radical (unpaired) electrons. The first-order valence-electron chi connectivity index (χ1n) is 11.5. The number of sulfonamides is 1. The Morgan fingerprint density at radius 2 is 1.69 bits per heavy atom. The van der Waals surface area contributed by atoms with Crippen LogP contribution in [0.1, 0.15) is 22.3 Å². The van der Waals surface area contributed by atoms with Crippen LogP contribution in [0, 0.1) is 12.7 Å². The quantitative estimate of drug-likeness (QED) is 0.294. The Balaban J connectivity index is 1.40. The standard InChI is InChI=1S/C28H24FN3O3S/c1-19-9-15-23(16-10-19)36(34,35)32(26-8-3-2-7-25(26)29)18-27(33)31-30-17-22-14-13-21-12-11-20-5-4-6-24(22)28(20)21/h2-10,13-17H,11-12,18H2,1H3,(H,31,33)/b30-17+. The molecule has 0 aliphatic heterocycles. The van der Waals surface area contributed by atoms with Crippen LogP contribution in [0.2, 0.25) is 0 Å². The van der Waals surface area contributed by atoms with Crippen molar-refractivity contribution in [3.8, 4) is 0 Å². The average Bonchev–Trinajstić information content (AvgIpc) is 3.29. The van der Waals surface area contributed by atoms with E-state index < -0.39 is 28.3 Å². The molecule has 1 aliphatic carbocycles. The van der Waals surface area contributed by atoms with E-state index in [0.29, 0.717) is 0 Å². The van der Waals surface area contributed by atoms with Crippen molar-refractivity contribution in [1.82, 2.24) is 5.43 Å². The second kappa shape index (κ2) is 9.54. The summed E-state index contributed by atoms with van der Waals surface area (Å²) in [6.07, 6.45) is 3.55. The molecule has 4 aromatic rings. The van der Waals surface area contributed by atoms with Crippen LogP contribution >= 0.6 is 0 Å². The molecule has 0 fully saturated rings. The lowest BCUT2D eigenvalue weighted by Crippen LogP contribution is -2.40. The molecule has 8 heteroatoms. The number of amides is 1. The number of carbonyl (C=O) groups is 1. The number of halogens is 1. The summed E-state index contributed by atoms with van der Waals surface area (Å²) in [6.45, 7) is 1.19. The van der Waals surface area contributed by atoms with Gasteiger partial charge in [0.25, 0.3) is 15.9 Å². The molecular formula is C28H24FN3O3S. The monoisotopic (exact) mass is 501 g/mol. The lowest BCUT2D eigenvalue weighted by atomic mass is 10.0. The van der Waals surface area contributed by atoms with Crippen LogP contribution in [0.4, 0.5) is 10.1 Å². The van der Waals surface area contributed by atoms with Gasteiger partial charge in [-0.15, -0.1) is 0 Å². The Hall–Kier alpha value is -4.04. The van der Waals surface area contributed by atoms with Gasteiger partial charge in [0.05, 0.1) is 16.8 Å². The second-order valence-electron chi connectivity index (χ2n) is 8.72. The highest BCUT2D eigenvalue weighted by atomic mass is 32.2. The van der Waals surface area contributed by atoms with E-state index in [1.807, 2.05) is 25.1 Å². The van der Waals surface area contributed by atoms with E-state index in [1.54, 1.807) is 18.3 Å². The van der Waals surface area contributed by atoms with E-state index >= 15 is 0 Å². The minimum absolute atomic E-state index is 0.0412. The molecule has 182 valence electrons. The zero-order valence-electron chi connectivity index (χ0n) is 19.6. The van der Waals surface area contributed by atoms with Gasteiger partial charge in [-0.1, -0.05) is 60.2 Å². The molecule has 0 atom stereocenters. The maximum absolute atomic E-state index is 14.6. The SMILES string of the molecule is Cc1ccc(S(=O)(=O)N(CC(=O)N/N=C/c2ccc3c4c(cccc24)CC3)c2ccccc2F)cc1. The Labute approximate surface area is 209 Å². The van der Waals surface area contributed by atoms with Crippen molar-refractivity contribution >= 4 is 38.6 Å².